The van der Waals surface area contributed by atoms with Crippen LogP contribution in [0.4, 0.5) is 0 Å². The molecule has 2 unspecified atom stereocenters. The van der Waals surface area contributed by atoms with E-state index in [1.165, 1.54) is 19.5 Å². The van der Waals surface area contributed by atoms with E-state index in [0.717, 1.165) is 37.4 Å². The number of piperidine rings is 1. The maximum Gasteiger partial charge on any atom is 0.191 e. The second kappa shape index (κ2) is 8.41. The first-order chi connectivity index (χ1) is 9.01. The van der Waals surface area contributed by atoms with Crippen molar-refractivity contribution < 1.29 is 0 Å². The third-order valence-electron chi connectivity index (χ3n) is 3.40. The van der Waals surface area contributed by atoms with Crippen LogP contribution < -0.4 is 10.6 Å². The minimum absolute atomic E-state index is 0.424. The summed E-state index contributed by atoms with van der Waals surface area (Å²) in [5.41, 5.74) is 0. The van der Waals surface area contributed by atoms with E-state index in [9.17, 15) is 0 Å². The highest BCUT2D eigenvalue weighted by molar-refractivity contribution is 5.79. The molecule has 0 radical (unpaired) electrons. The summed E-state index contributed by atoms with van der Waals surface area (Å²) < 4.78 is 0. The van der Waals surface area contributed by atoms with Crippen molar-refractivity contribution in [1.82, 2.24) is 15.5 Å². The number of nitrogens with one attached hydrogen (secondary N) is 2. The predicted molar refractivity (Wildman–Crippen MR) is 83.6 cm³/mol. The van der Waals surface area contributed by atoms with Gasteiger partial charge < -0.3 is 15.5 Å². The Morgan fingerprint density at radius 2 is 1.89 bits per heavy atom. The summed E-state index contributed by atoms with van der Waals surface area (Å²) in [5.74, 6) is 2.60. The first kappa shape index (κ1) is 16.3. The Morgan fingerprint density at radius 1 is 1.26 bits per heavy atom. The number of aliphatic imine (C=N–C) groups is 1. The van der Waals surface area contributed by atoms with Crippen molar-refractivity contribution in [2.24, 2.45) is 16.8 Å². The Kier molecular flexibility index (Phi) is 7.21. The Hall–Kier alpha value is -0.770. The zero-order valence-electron chi connectivity index (χ0n) is 13.4. The number of hydrogen-bond acceptors (Lipinski definition) is 2. The van der Waals surface area contributed by atoms with Crippen molar-refractivity contribution in [3.05, 3.63) is 0 Å². The molecule has 0 aromatic rings. The Labute approximate surface area is 119 Å². The van der Waals surface area contributed by atoms with Crippen LogP contribution in [0.25, 0.3) is 0 Å². The number of hydrogen-bond donors (Lipinski definition) is 2. The van der Waals surface area contributed by atoms with Crippen LogP contribution in [0, 0.1) is 11.8 Å². The van der Waals surface area contributed by atoms with Gasteiger partial charge in [-0.25, -0.2) is 0 Å². The van der Waals surface area contributed by atoms with Crippen LogP contribution in [0.15, 0.2) is 4.99 Å². The Balaban J connectivity index is 2.36. The van der Waals surface area contributed by atoms with Crippen LogP contribution in [-0.4, -0.2) is 49.6 Å². The smallest absolute Gasteiger partial charge is 0.191 e. The van der Waals surface area contributed by atoms with E-state index in [1.54, 1.807) is 0 Å². The minimum atomic E-state index is 0.424. The molecule has 112 valence electrons. The summed E-state index contributed by atoms with van der Waals surface area (Å²) in [6.07, 6.45) is 1.37. The largest absolute Gasteiger partial charge is 0.357 e. The average Bonchev–Trinajstić information content (AvgIpc) is 2.27. The van der Waals surface area contributed by atoms with Gasteiger partial charge in [0.2, 0.25) is 0 Å². The minimum Gasteiger partial charge on any atom is -0.357 e. The molecule has 0 saturated carbocycles. The molecule has 1 heterocycles. The third kappa shape index (κ3) is 6.81. The van der Waals surface area contributed by atoms with Crippen LogP contribution in [0.1, 0.15) is 41.0 Å². The summed E-state index contributed by atoms with van der Waals surface area (Å²) in [6, 6.07) is 0.424. The lowest BCUT2D eigenvalue weighted by molar-refractivity contribution is 0.145. The summed E-state index contributed by atoms with van der Waals surface area (Å²) in [6.45, 7) is 16.4. The standard InChI is InChI=1S/C15H32N4/c1-6-16-15(18-12(2)3)17-7-8-19-10-13(4)9-14(5)11-19/h12-14H,6-11H2,1-5H3,(H2,16,17,18). The molecule has 1 saturated heterocycles. The molecule has 0 aliphatic carbocycles. The first-order valence-electron chi connectivity index (χ1n) is 7.78. The quantitative estimate of drug-likeness (QED) is 0.591. The highest BCUT2D eigenvalue weighted by Crippen LogP contribution is 2.20. The van der Waals surface area contributed by atoms with E-state index < -0.39 is 0 Å². The summed E-state index contributed by atoms with van der Waals surface area (Å²) in [7, 11) is 0. The van der Waals surface area contributed by atoms with Crippen molar-refractivity contribution >= 4 is 5.96 Å². The fourth-order valence-electron chi connectivity index (χ4n) is 2.87. The van der Waals surface area contributed by atoms with Crippen molar-refractivity contribution in [2.75, 3.05) is 32.7 Å². The molecule has 0 aromatic heterocycles. The Morgan fingerprint density at radius 3 is 2.42 bits per heavy atom. The average molecular weight is 268 g/mol. The van der Waals surface area contributed by atoms with Crippen LogP contribution in [0.5, 0.6) is 0 Å². The van der Waals surface area contributed by atoms with Crippen LogP contribution >= 0.6 is 0 Å². The molecule has 2 atom stereocenters. The summed E-state index contributed by atoms with van der Waals surface area (Å²) >= 11 is 0. The normalized spacial score (nSPS) is 25.7. The first-order valence-corrected chi connectivity index (χ1v) is 7.78. The van der Waals surface area contributed by atoms with Crippen molar-refractivity contribution in [2.45, 2.75) is 47.1 Å². The van der Waals surface area contributed by atoms with Gasteiger partial charge in [0.1, 0.15) is 0 Å². The van der Waals surface area contributed by atoms with Crippen LogP contribution in [-0.2, 0) is 0 Å². The molecule has 1 aliphatic heterocycles. The molecule has 1 aliphatic rings. The van der Waals surface area contributed by atoms with Gasteiger partial charge in [-0.1, -0.05) is 13.8 Å². The SMILES string of the molecule is CCNC(=NCCN1CC(C)CC(C)C1)NC(C)C. The number of likely N-dealkylation sites (tertiary alicyclic amines) is 1. The van der Waals surface area contributed by atoms with Gasteiger partial charge in [-0.05, 0) is 39.0 Å². The lowest BCUT2D eigenvalue weighted by Gasteiger charge is -2.34. The predicted octanol–water partition coefficient (Wildman–Crippen LogP) is 1.93. The zero-order valence-corrected chi connectivity index (χ0v) is 13.4. The Bertz CT molecular complexity index is 265. The van der Waals surface area contributed by atoms with Crippen molar-refractivity contribution in [3.63, 3.8) is 0 Å². The van der Waals surface area contributed by atoms with E-state index in [2.05, 4.69) is 55.1 Å². The summed E-state index contributed by atoms with van der Waals surface area (Å²) in [5, 5.41) is 6.65. The number of rotatable bonds is 5. The molecule has 1 fully saturated rings. The maximum atomic E-state index is 4.65. The van der Waals surface area contributed by atoms with E-state index in [4.69, 9.17) is 0 Å². The third-order valence-corrected chi connectivity index (χ3v) is 3.40. The molecular weight excluding hydrogens is 236 g/mol. The fourth-order valence-corrected chi connectivity index (χ4v) is 2.87. The monoisotopic (exact) mass is 268 g/mol. The van der Waals surface area contributed by atoms with Crippen molar-refractivity contribution in [3.8, 4) is 0 Å². The zero-order chi connectivity index (χ0) is 14.3. The van der Waals surface area contributed by atoms with Gasteiger partial charge >= 0.3 is 0 Å². The van der Waals surface area contributed by atoms with E-state index in [1.807, 2.05) is 0 Å². The van der Waals surface area contributed by atoms with Gasteiger partial charge in [-0.15, -0.1) is 0 Å². The van der Waals surface area contributed by atoms with Gasteiger partial charge in [0.15, 0.2) is 5.96 Å². The fraction of sp³-hybridized carbons (Fsp3) is 0.933. The molecule has 0 spiro atoms. The molecular formula is C15H32N4. The van der Waals surface area contributed by atoms with Gasteiger partial charge in [0, 0.05) is 32.2 Å². The van der Waals surface area contributed by atoms with Crippen LogP contribution in [0.3, 0.4) is 0 Å². The topological polar surface area (TPSA) is 39.7 Å². The maximum absolute atomic E-state index is 4.65. The molecule has 4 nitrogen and oxygen atoms in total. The second-order valence-electron chi connectivity index (χ2n) is 6.27. The molecule has 1 rings (SSSR count). The molecule has 0 amide bonds. The lowest BCUT2D eigenvalue weighted by Crippen LogP contribution is -2.42. The van der Waals surface area contributed by atoms with Gasteiger partial charge in [0.25, 0.3) is 0 Å². The second-order valence-corrected chi connectivity index (χ2v) is 6.27. The molecule has 0 bridgehead atoms. The number of guanidine groups is 1. The molecule has 2 N–H and O–H groups in total. The van der Waals surface area contributed by atoms with Crippen LogP contribution in [0.2, 0.25) is 0 Å². The van der Waals surface area contributed by atoms with E-state index in [0.29, 0.717) is 6.04 Å². The van der Waals surface area contributed by atoms with Gasteiger partial charge in [0.05, 0.1) is 6.54 Å². The summed E-state index contributed by atoms with van der Waals surface area (Å²) in [4.78, 5) is 7.21. The molecule has 19 heavy (non-hydrogen) atoms. The van der Waals surface area contributed by atoms with Gasteiger partial charge in [-0.3, -0.25) is 4.99 Å². The van der Waals surface area contributed by atoms with E-state index in [-0.39, 0.29) is 0 Å². The highest BCUT2D eigenvalue weighted by atomic mass is 15.2. The number of nitrogens with zero attached hydrogens (tertiary/aromatic N) is 2. The lowest BCUT2D eigenvalue weighted by atomic mass is 9.92. The molecule has 0 aromatic carbocycles. The highest BCUT2D eigenvalue weighted by Gasteiger charge is 2.20. The molecule has 4 heteroatoms. The van der Waals surface area contributed by atoms with Crippen molar-refractivity contribution in [1.29, 1.82) is 0 Å². The van der Waals surface area contributed by atoms with Gasteiger partial charge in [-0.2, -0.15) is 0 Å². The van der Waals surface area contributed by atoms with E-state index >= 15 is 0 Å².